The predicted octanol–water partition coefficient (Wildman–Crippen LogP) is 2.93. The highest BCUT2D eigenvalue weighted by atomic mass is 19.4. The molecule has 0 saturated heterocycles. The molecule has 1 heterocycles. The third-order valence-corrected chi connectivity index (χ3v) is 3.40. The third-order valence-electron chi connectivity index (χ3n) is 3.40. The van der Waals surface area contributed by atoms with Gasteiger partial charge in [0.2, 0.25) is 0 Å². The molecule has 1 unspecified atom stereocenters. The molecular weight excluding hydrogens is 307 g/mol. The van der Waals surface area contributed by atoms with E-state index in [1.54, 1.807) is 7.05 Å². The minimum absolute atomic E-state index is 0.0132. The Hall–Kier alpha value is -1.73. The molecule has 132 valence electrons. The van der Waals surface area contributed by atoms with E-state index in [1.807, 2.05) is 6.92 Å². The lowest BCUT2D eigenvalue weighted by Gasteiger charge is -2.18. The van der Waals surface area contributed by atoms with E-state index in [0.29, 0.717) is 11.9 Å². The Morgan fingerprint density at radius 3 is 2.48 bits per heavy atom. The third kappa shape index (κ3) is 6.50. The molecule has 23 heavy (non-hydrogen) atoms. The summed E-state index contributed by atoms with van der Waals surface area (Å²) in [6.45, 7) is 6.35. The van der Waals surface area contributed by atoms with Crippen LogP contribution in [-0.4, -0.2) is 28.8 Å². The first kappa shape index (κ1) is 19.3. The first-order valence-corrected chi connectivity index (χ1v) is 7.70. The van der Waals surface area contributed by atoms with Gasteiger partial charge in [-0.3, -0.25) is 9.67 Å². The van der Waals surface area contributed by atoms with Crippen LogP contribution in [0.3, 0.4) is 0 Å². The van der Waals surface area contributed by atoms with Gasteiger partial charge in [0.25, 0.3) is 0 Å². The van der Waals surface area contributed by atoms with Gasteiger partial charge in [-0.25, -0.2) is 0 Å². The van der Waals surface area contributed by atoms with Gasteiger partial charge in [-0.1, -0.05) is 13.8 Å². The monoisotopic (exact) mass is 333 g/mol. The van der Waals surface area contributed by atoms with E-state index < -0.39 is 11.9 Å². The van der Waals surface area contributed by atoms with Crippen molar-refractivity contribution in [3.8, 4) is 0 Å². The molecule has 0 saturated carbocycles. The molecule has 0 fully saturated rings. The topological polar surface area (TPSA) is 54.2 Å². The highest BCUT2D eigenvalue weighted by Crippen LogP contribution is 2.30. The lowest BCUT2D eigenvalue weighted by Crippen LogP contribution is -2.42. The Morgan fingerprint density at radius 1 is 1.30 bits per heavy atom. The number of aromatic nitrogens is 2. The number of nitrogens with zero attached hydrogens (tertiary/aromatic N) is 3. The summed E-state index contributed by atoms with van der Waals surface area (Å²) in [5, 5.41) is 9.59. The molecule has 1 rings (SSSR count). The molecular formula is C15H26F3N5. The highest BCUT2D eigenvalue weighted by molar-refractivity contribution is 5.79. The van der Waals surface area contributed by atoms with Gasteiger partial charge in [0, 0.05) is 38.4 Å². The highest BCUT2D eigenvalue weighted by Gasteiger charge is 2.36. The Kier molecular flexibility index (Phi) is 6.90. The Morgan fingerprint density at radius 2 is 1.96 bits per heavy atom. The van der Waals surface area contributed by atoms with E-state index in [1.165, 1.54) is 17.9 Å². The average molecular weight is 333 g/mol. The number of hydrogen-bond donors (Lipinski definition) is 2. The molecule has 0 radical (unpaired) electrons. The second-order valence-corrected chi connectivity index (χ2v) is 6.12. The molecule has 1 atom stereocenters. The van der Waals surface area contributed by atoms with Crippen LogP contribution >= 0.6 is 0 Å². The Balaban J connectivity index is 2.62. The number of aliphatic imine (C=N–C) groups is 1. The van der Waals surface area contributed by atoms with Gasteiger partial charge in [-0.2, -0.15) is 18.3 Å². The van der Waals surface area contributed by atoms with Gasteiger partial charge in [0.1, 0.15) is 0 Å². The van der Waals surface area contributed by atoms with Crippen LogP contribution in [0.2, 0.25) is 0 Å². The summed E-state index contributed by atoms with van der Waals surface area (Å²) < 4.78 is 39.9. The van der Waals surface area contributed by atoms with Crippen LogP contribution in [0.15, 0.2) is 11.2 Å². The van der Waals surface area contributed by atoms with Crippen molar-refractivity contribution < 1.29 is 13.2 Å². The predicted molar refractivity (Wildman–Crippen MR) is 85.1 cm³/mol. The van der Waals surface area contributed by atoms with Gasteiger partial charge >= 0.3 is 6.18 Å². The zero-order valence-electron chi connectivity index (χ0n) is 14.3. The number of halogens is 3. The second-order valence-electron chi connectivity index (χ2n) is 6.12. The molecule has 0 aliphatic rings. The smallest absolute Gasteiger partial charge is 0.354 e. The van der Waals surface area contributed by atoms with Crippen LogP contribution in [0.1, 0.15) is 44.9 Å². The number of nitrogens with one attached hydrogen (secondary N) is 2. The minimum Gasteiger partial charge on any atom is -0.354 e. The minimum atomic E-state index is -4.46. The summed E-state index contributed by atoms with van der Waals surface area (Å²) in [6.07, 6.45) is -1.05. The van der Waals surface area contributed by atoms with Crippen LogP contribution < -0.4 is 10.6 Å². The SMILES string of the molecule is CN=C(NCc1cn(C)nc1C(F)(F)F)NC(C)CCC(C)C. The average Bonchev–Trinajstić information content (AvgIpc) is 2.82. The maximum absolute atomic E-state index is 12.9. The van der Waals surface area contributed by atoms with Crippen molar-refractivity contribution in [1.29, 1.82) is 0 Å². The fourth-order valence-electron chi connectivity index (χ4n) is 2.17. The zero-order valence-corrected chi connectivity index (χ0v) is 14.3. The summed E-state index contributed by atoms with van der Waals surface area (Å²) in [7, 11) is 3.07. The van der Waals surface area contributed by atoms with Crippen molar-refractivity contribution in [3.63, 3.8) is 0 Å². The van der Waals surface area contributed by atoms with Crippen molar-refractivity contribution in [3.05, 3.63) is 17.5 Å². The van der Waals surface area contributed by atoms with Crippen LogP contribution in [-0.2, 0) is 19.8 Å². The molecule has 1 aromatic rings. The van der Waals surface area contributed by atoms with Crippen LogP contribution in [0.5, 0.6) is 0 Å². The van der Waals surface area contributed by atoms with Crippen LogP contribution in [0.25, 0.3) is 0 Å². The summed E-state index contributed by atoms with van der Waals surface area (Å²) >= 11 is 0. The van der Waals surface area contributed by atoms with E-state index in [0.717, 1.165) is 12.8 Å². The number of alkyl halides is 3. The van der Waals surface area contributed by atoms with Gasteiger partial charge in [0.15, 0.2) is 11.7 Å². The van der Waals surface area contributed by atoms with Crippen LogP contribution in [0, 0.1) is 5.92 Å². The normalized spacial score (nSPS) is 14.2. The quantitative estimate of drug-likeness (QED) is 0.622. The van der Waals surface area contributed by atoms with E-state index >= 15 is 0 Å². The molecule has 5 nitrogen and oxygen atoms in total. The summed E-state index contributed by atoms with van der Waals surface area (Å²) in [4.78, 5) is 4.05. The maximum Gasteiger partial charge on any atom is 0.435 e. The number of rotatable bonds is 6. The molecule has 0 spiro atoms. The number of guanidine groups is 1. The molecule has 1 aromatic heterocycles. The van der Waals surface area contributed by atoms with Gasteiger partial charge in [0.05, 0.1) is 0 Å². The standard InChI is InChI=1S/C15H26F3N5/c1-10(2)6-7-11(3)21-14(19-4)20-8-12-9-23(5)22-13(12)15(16,17)18/h9-11H,6-8H2,1-5H3,(H2,19,20,21). The first-order valence-electron chi connectivity index (χ1n) is 7.70. The molecule has 0 aromatic carbocycles. The van der Waals surface area contributed by atoms with Crippen molar-refractivity contribution in [2.75, 3.05) is 7.05 Å². The zero-order chi connectivity index (χ0) is 17.6. The lowest BCUT2D eigenvalue weighted by atomic mass is 10.0. The fraction of sp³-hybridized carbons (Fsp3) is 0.733. The van der Waals surface area contributed by atoms with Gasteiger partial charge in [-0.15, -0.1) is 0 Å². The second kappa shape index (κ2) is 8.21. The van der Waals surface area contributed by atoms with E-state index in [-0.39, 0.29) is 18.2 Å². The van der Waals surface area contributed by atoms with E-state index in [4.69, 9.17) is 0 Å². The van der Waals surface area contributed by atoms with Crippen molar-refractivity contribution in [1.82, 2.24) is 20.4 Å². The first-order chi connectivity index (χ1) is 10.6. The largest absolute Gasteiger partial charge is 0.435 e. The Bertz CT molecular complexity index is 520. The summed E-state index contributed by atoms with van der Waals surface area (Å²) in [5.41, 5.74) is -0.770. The molecule has 0 aliphatic carbocycles. The lowest BCUT2D eigenvalue weighted by molar-refractivity contribution is -0.142. The summed E-state index contributed by atoms with van der Waals surface area (Å²) in [5.74, 6) is 1.09. The van der Waals surface area contributed by atoms with Crippen molar-refractivity contribution >= 4 is 5.96 Å². The maximum atomic E-state index is 12.9. The molecule has 8 heteroatoms. The van der Waals surface area contributed by atoms with Crippen molar-refractivity contribution in [2.24, 2.45) is 18.0 Å². The van der Waals surface area contributed by atoms with Crippen molar-refractivity contribution in [2.45, 2.75) is 52.4 Å². The van der Waals surface area contributed by atoms with Gasteiger partial charge in [-0.05, 0) is 25.7 Å². The number of aryl methyl sites for hydroxylation is 1. The summed E-state index contributed by atoms with van der Waals surface area (Å²) in [6, 6.07) is 0.194. The molecule has 0 aliphatic heterocycles. The van der Waals surface area contributed by atoms with E-state index in [2.05, 4.69) is 34.6 Å². The molecule has 0 amide bonds. The molecule has 2 N–H and O–H groups in total. The van der Waals surface area contributed by atoms with Gasteiger partial charge < -0.3 is 10.6 Å². The van der Waals surface area contributed by atoms with E-state index in [9.17, 15) is 13.2 Å². The van der Waals surface area contributed by atoms with Crippen LogP contribution in [0.4, 0.5) is 13.2 Å². The molecule has 0 bridgehead atoms. The Labute approximate surface area is 135 Å². The fourth-order valence-corrected chi connectivity index (χ4v) is 2.17. The number of hydrogen-bond acceptors (Lipinski definition) is 2.